The van der Waals surface area contributed by atoms with Crippen LogP contribution in [0.4, 0.5) is 0 Å². The number of hydrogen-bond acceptors (Lipinski definition) is 0. The van der Waals surface area contributed by atoms with E-state index in [1.807, 2.05) is 0 Å². The first-order valence-corrected chi connectivity index (χ1v) is 2.10. The molecule has 0 saturated heterocycles. The molecule has 5 heavy (non-hydrogen) atoms. The Balaban J connectivity index is 0. The SMILES string of the molecule is ClCCCl.[AtH]. The molecule has 0 nitrogen and oxygen atoms in total. The van der Waals surface area contributed by atoms with Crippen LogP contribution in [-0.4, -0.2) is 11.8 Å². The van der Waals surface area contributed by atoms with Gasteiger partial charge in [0, 0.05) is 11.8 Å². The molecule has 0 radical (unpaired) electrons. The zero-order valence-corrected chi connectivity index (χ0v) is 7.26. The molecule has 0 N–H and O–H groups in total. The normalized spacial score (nSPS) is 6.00. The van der Waals surface area contributed by atoms with Crippen LogP contribution < -0.4 is 0 Å². The predicted octanol–water partition coefficient (Wildman–Crippen LogP) is 1.20. The maximum absolute atomic E-state index is 5.05. The van der Waals surface area contributed by atoms with Crippen LogP contribution in [0, 0.1) is 26.2 Å². The molecule has 0 aliphatic rings. The van der Waals surface area contributed by atoms with Gasteiger partial charge in [-0.15, -0.1) is 23.2 Å². The number of rotatable bonds is 1. The van der Waals surface area contributed by atoms with Gasteiger partial charge in [-0.05, 0) is 0 Å². The minimum absolute atomic E-state index is 0. The van der Waals surface area contributed by atoms with E-state index in [0.29, 0.717) is 11.8 Å². The monoisotopic (exact) mass is 309 g/mol. The van der Waals surface area contributed by atoms with Crippen LogP contribution >= 0.6 is 23.2 Å². The Morgan fingerprint density at radius 3 is 1.20 bits per heavy atom. The summed E-state index contributed by atoms with van der Waals surface area (Å²) in [6.07, 6.45) is 0. The Kier molecular flexibility index (Phi) is 17.6. The summed E-state index contributed by atoms with van der Waals surface area (Å²) in [6, 6.07) is 0. The molecule has 0 spiro atoms. The van der Waals surface area contributed by atoms with Crippen LogP contribution in [0.5, 0.6) is 0 Å². The molecule has 34 valence electrons. The summed E-state index contributed by atoms with van der Waals surface area (Å²) in [5.41, 5.74) is 0. The Morgan fingerprint density at radius 2 is 1.20 bits per heavy atom. The Bertz CT molecular complexity index is 9.61. The van der Waals surface area contributed by atoms with Gasteiger partial charge in [0.05, 0.1) is 0 Å². The van der Waals surface area contributed by atoms with Crippen LogP contribution in [0.3, 0.4) is 0 Å². The third-order valence-corrected chi connectivity index (χ3v) is 0.643. The van der Waals surface area contributed by atoms with E-state index in [4.69, 9.17) is 23.2 Å². The molecule has 0 amide bonds. The van der Waals surface area contributed by atoms with Crippen LogP contribution in [0.1, 0.15) is 0 Å². The fourth-order valence-corrected chi connectivity index (χ4v) is 0. The second kappa shape index (κ2) is 9.07. The first-order chi connectivity index (χ1) is 1.91. The van der Waals surface area contributed by atoms with Crippen molar-refractivity contribution in [1.29, 1.82) is 0 Å². The van der Waals surface area contributed by atoms with E-state index >= 15 is 0 Å². The molecule has 0 saturated carbocycles. The molecule has 0 aromatic heterocycles. The van der Waals surface area contributed by atoms with Crippen LogP contribution in [0.2, 0.25) is 0 Å². The van der Waals surface area contributed by atoms with Crippen molar-refractivity contribution in [3.05, 3.63) is 0 Å². The molecule has 0 bridgehead atoms. The number of hydrogen-bond donors (Lipinski definition) is 0. The van der Waals surface area contributed by atoms with Crippen molar-refractivity contribution in [2.75, 3.05) is 11.8 Å². The summed E-state index contributed by atoms with van der Waals surface area (Å²) in [5.74, 6) is 1.11. The number of halogens is 2. The Morgan fingerprint density at radius 1 is 1.00 bits per heavy atom. The average molecular weight is 310 g/mol. The Hall–Kier alpha value is 1.46. The van der Waals surface area contributed by atoms with E-state index in [1.54, 1.807) is 0 Å². The van der Waals surface area contributed by atoms with Gasteiger partial charge in [0.15, 0.2) is 0 Å². The van der Waals surface area contributed by atoms with Crippen molar-refractivity contribution < 1.29 is 26.2 Å². The van der Waals surface area contributed by atoms with Crippen molar-refractivity contribution in [3.63, 3.8) is 0 Å². The standard InChI is InChI=1S/C2H4Cl2.AtH/c3-1-2-4;/h1-2H2;1H. The van der Waals surface area contributed by atoms with E-state index in [2.05, 4.69) is 0 Å². The number of alkyl halides is 2. The van der Waals surface area contributed by atoms with Gasteiger partial charge in [-0.25, -0.2) is 0 Å². The van der Waals surface area contributed by atoms with E-state index in [9.17, 15) is 0 Å². The summed E-state index contributed by atoms with van der Waals surface area (Å²) in [5, 5.41) is 0. The predicted molar refractivity (Wildman–Crippen MR) is 22.8 cm³/mol. The zero-order valence-electron chi connectivity index (χ0n) is 2.58. The van der Waals surface area contributed by atoms with Crippen LogP contribution in [0.25, 0.3) is 0 Å². The maximum atomic E-state index is 5.05. The second-order valence-electron chi connectivity index (χ2n) is 0.378. The summed E-state index contributed by atoms with van der Waals surface area (Å²) in [7, 11) is 0. The molecule has 0 unspecified atom stereocenters. The molecule has 0 aromatic carbocycles. The molecule has 0 aliphatic heterocycles. The van der Waals surface area contributed by atoms with Gasteiger partial charge >= 0.3 is 26.2 Å². The van der Waals surface area contributed by atoms with Crippen molar-refractivity contribution in [2.45, 2.75) is 0 Å². The third-order valence-electron chi connectivity index (χ3n) is 0.0714. The first kappa shape index (κ1) is 9.68. The third kappa shape index (κ3) is 10.8. The van der Waals surface area contributed by atoms with E-state index in [0.717, 1.165) is 0 Å². The summed E-state index contributed by atoms with van der Waals surface area (Å²) < 4.78 is 0. The molecule has 0 aliphatic carbocycles. The van der Waals surface area contributed by atoms with Gasteiger partial charge in [0.25, 0.3) is 0 Å². The molecule has 0 fully saturated rings. The molecular weight excluding hydrogens is 305 g/mol. The zero-order chi connectivity index (χ0) is 3.41. The molecule has 0 atom stereocenters. The van der Waals surface area contributed by atoms with E-state index in [-0.39, 0.29) is 26.2 Å². The summed E-state index contributed by atoms with van der Waals surface area (Å²) in [4.78, 5) is 0. The molecule has 0 heterocycles. The van der Waals surface area contributed by atoms with Crippen molar-refractivity contribution in [3.8, 4) is 0 Å². The fourth-order valence-electron chi connectivity index (χ4n) is 0. The van der Waals surface area contributed by atoms with Crippen LogP contribution in [0.15, 0.2) is 0 Å². The fraction of sp³-hybridized carbons (Fsp3) is 1.00. The Labute approximate surface area is 61.0 Å². The van der Waals surface area contributed by atoms with Crippen molar-refractivity contribution in [1.82, 2.24) is 0 Å². The molecule has 0 rings (SSSR count). The first-order valence-electron chi connectivity index (χ1n) is 1.03. The molecule has 0 aromatic rings. The van der Waals surface area contributed by atoms with Gasteiger partial charge in [-0.3, -0.25) is 0 Å². The minimum atomic E-state index is 0. The van der Waals surface area contributed by atoms with E-state index < -0.39 is 0 Å². The second-order valence-corrected chi connectivity index (χ2v) is 1.13. The van der Waals surface area contributed by atoms with Gasteiger partial charge in [0.2, 0.25) is 0 Å². The van der Waals surface area contributed by atoms with Gasteiger partial charge < -0.3 is 0 Å². The van der Waals surface area contributed by atoms with Gasteiger partial charge in [0.1, 0.15) is 0 Å². The van der Waals surface area contributed by atoms with E-state index in [1.165, 1.54) is 0 Å². The summed E-state index contributed by atoms with van der Waals surface area (Å²) >= 11 is 10.1. The molecule has 3 heteroatoms. The molecular formula is C2H5AtCl2. The van der Waals surface area contributed by atoms with Crippen LogP contribution in [-0.2, 0) is 0 Å². The van der Waals surface area contributed by atoms with Gasteiger partial charge in [-0.2, -0.15) is 0 Å². The van der Waals surface area contributed by atoms with Crippen molar-refractivity contribution >= 4 is 23.2 Å². The quantitative estimate of drug-likeness (QED) is 0.639. The average Bonchev–Trinajstić information content (AvgIpc) is 1.37. The van der Waals surface area contributed by atoms with Crippen molar-refractivity contribution in [2.24, 2.45) is 0 Å². The summed E-state index contributed by atoms with van der Waals surface area (Å²) in [6.45, 7) is 0. The van der Waals surface area contributed by atoms with Gasteiger partial charge in [-0.1, -0.05) is 0 Å². The topological polar surface area (TPSA) is 0 Å².